The number of amides is 1. The maximum Gasteiger partial charge on any atom is 0.265 e. The van der Waals surface area contributed by atoms with E-state index in [2.05, 4.69) is 0 Å². The molecule has 1 heterocycles. The van der Waals surface area contributed by atoms with E-state index in [0.717, 1.165) is 16.9 Å². The van der Waals surface area contributed by atoms with Gasteiger partial charge in [0.05, 0.1) is 4.91 Å². The second kappa shape index (κ2) is 7.38. The van der Waals surface area contributed by atoms with Crippen molar-refractivity contribution < 1.29 is 9.53 Å². The van der Waals surface area contributed by atoms with E-state index in [9.17, 15) is 4.79 Å². The summed E-state index contributed by atoms with van der Waals surface area (Å²) in [5.41, 5.74) is 1.94. The van der Waals surface area contributed by atoms with E-state index in [4.69, 9.17) is 28.6 Å². The Balaban J connectivity index is 1.71. The maximum atomic E-state index is 12.1. The molecule has 0 aromatic heterocycles. The minimum absolute atomic E-state index is 0.0718. The highest BCUT2D eigenvalue weighted by molar-refractivity contribution is 8.26. The van der Waals surface area contributed by atoms with Crippen LogP contribution in [0.5, 0.6) is 5.75 Å². The lowest BCUT2D eigenvalue weighted by molar-refractivity contribution is -0.121. The standard InChI is InChI=1S/C18H14ClNO2S2/c1-20-17(21)16(24-18(20)23)10-13-3-2-4-15(9-13)22-11-12-5-7-14(19)8-6-12/h2-10H,11H2,1H3/b16-10+. The third kappa shape index (κ3) is 3.98. The highest BCUT2D eigenvalue weighted by Crippen LogP contribution is 2.31. The van der Waals surface area contributed by atoms with Gasteiger partial charge in [-0.15, -0.1) is 0 Å². The molecule has 1 aliphatic heterocycles. The predicted molar refractivity (Wildman–Crippen MR) is 103 cm³/mol. The summed E-state index contributed by atoms with van der Waals surface area (Å²) in [4.78, 5) is 14.2. The molecule has 0 unspecified atom stereocenters. The molecule has 3 rings (SSSR count). The van der Waals surface area contributed by atoms with Gasteiger partial charge in [-0.05, 0) is 41.5 Å². The first-order valence-corrected chi connectivity index (χ1v) is 8.82. The minimum Gasteiger partial charge on any atom is -0.489 e. The summed E-state index contributed by atoms with van der Waals surface area (Å²) in [5, 5.41) is 0.703. The molecule has 1 saturated heterocycles. The van der Waals surface area contributed by atoms with Gasteiger partial charge in [-0.25, -0.2) is 0 Å². The molecular formula is C18H14ClNO2S2. The number of thioether (sulfide) groups is 1. The van der Waals surface area contributed by atoms with Gasteiger partial charge in [0.15, 0.2) is 0 Å². The second-order valence-electron chi connectivity index (χ2n) is 5.23. The predicted octanol–water partition coefficient (Wildman–Crippen LogP) is 4.75. The molecule has 3 nitrogen and oxygen atoms in total. The van der Waals surface area contributed by atoms with Crippen molar-refractivity contribution in [2.24, 2.45) is 0 Å². The molecule has 1 fully saturated rings. The van der Waals surface area contributed by atoms with Crippen LogP contribution in [0, 0.1) is 0 Å². The third-order valence-corrected chi connectivity index (χ3v) is 5.20. The summed E-state index contributed by atoms with van der Waals surface area (Å²) in [6.45, 7) is 0.456. The number of rotatable bonds is 4. The summed E-state index contributed by atoms with van der Waals surface area (Å²) < 4.78 is 6.38. The van der Waals surface area contributed by atoms with Crippen LogP contribution < -0.4 is 4.74 Å². The molecule has 0 saturated carbocycles. The van der Waals surface area contributed by atoms with Crippen molar-refractivity contribution >= 4 is 51.9 Å². The molecular weight excluding hydrogens is 362 g/mol. The molecule has 0 radical (unpaired) electrons. The van der Waals surface area contributed by atoms with Crippen LogP contribution in [0.4, 0.5) is 0 Å². The van der Waals surface area contributed by atoms with E-state index < -0.39 is 0 Å². The zero-order valence-electron chi connectivity index (χ0n) is 12.9. The van der Waals surface area contributed by atoms with Gasteiger partial charge in [0, 0.05) is 12.1 Å². The van der Waals surface area contributed by atoms with Gasteiger partial charge in [0.2, 0.25) is 0 Å². The Bertz CT molecular complexity index is 818. The van der Waals surface area contributed by atoms with Crippen molar-refractivity contribution in [2.45, 2.75) is 6.61 Å². The first-order valence-electron chi connectivity index (χ1n) is 7.22. The molecule has 2 aromatic rings. The van der Waals surface area contributed by atoms with Crippen LogP contribution in [0.3, 0.4) is 0 Å². The molecule has 0 spiro atoms. The van der Waals surface area contributed by atoms with Crippen LogP contribution in [0.15, 0.2) is 53.4 Å². The fourth-order valence-corrected chi connectivity index (χ4v) is 3.44. The van der Waals surface area contributed by atoms with E-state index in [1.807, 2.05) is 54.6 Å². The van der Waals surface area contributed by atoms with E-state index in [0.29, 0.717) is 20.9 Å². The normalized spacial score (nSPS) is 16.1. The number of thiocarbonyl (C=S) groups is 1. The Morgan fingerprint density at radius 2 is 2.00 bits per heavy atom. The smallest absolute Gasteiger partial charge is 0.265 e. The van der Waals surface area contributed by atoms with Crippen molar-refractivity contribution in [2.75, 3.05) is 7.05 Å². The van der Waals surface area contributed by atoms with Gasteiger partial charge < -0.3 is 4.74 Å². The van der Waals surface area contributed by atoms with Crippen molar-refractivity contribution in [3.63, 3.8) is 0 Å². The number of likely N-dealkylation sites (N-methyl/N-ethyl adjacent to an activating group) is 1. The lowest BCUT2D eigenvalue weighted by Crippen LogP contribution is -2.22. The van der Waals surface area contributed by atoms with Crippen LogP contribution >= 0.6 is 35.6 Å². The molecule has 0 atom stereocenters. The van der Waals surface area contributed by atoms with Gasteiger partial charge in [0.25, 0.3) is 5.91 Å². The van der Waals surface area contributed by atoms with Crippen LogP contribution in [0.1, 0.15) is 11.1 Å². The fourth-order valence-electron chi connectivity index (χ4n) is 2.14. The van der Waals surface area contributed by atoms with Gasteiger partial charge >= 0.3 is 0 Å². The number of hydrogen-bond donors (Lipinski definition) is 0. The molecule has 2 aromatic carbocycles. The summed E-state index contributed by atoms with van der Waals surface area (Å²) >= 11 is 12.3. The number of benzene rings is 2. The monoisotopic (exact) mass is 375 g/mol. The van der Waals surface area contributed by atoms with E-state index in [1.165, 1.54) is 16.7 Å². The number of nitrogens with zero attached hydrogens (tertiary/aromatic N) is 1. The third-order valence-electron chi connectivity index (χ3n) is 3.46. The van der Waals surface area contributed by atoms with Crippen molar-refractivity contribution in [3.8, 4) is 5.75 Å². The quantitative estimate of drug-likeness (QED) is 0.569. The zero-order chi connectivity index (χ0) is 17.1. The van der Waals surface area contributed by atoms with E-state index in [1.54, 1.807) is 7.05 Å². The molecule has 0 bridgehead atoms. The van der Waals surface area contributed by atoms with Crippen molar-refractivity contribution in [3.05, 3.63) is 69.6 Å². The molecule has 1 aliphatic rings. The zero-order valence-corrected chi connectivity index (χ0v) is 15.3. The van der Waals surface area contributed by atoms with Gasteiger partial charge in [0.1, 0.15) is 16.7 Å². The molecule has 1 amide bonds. The average molecular weight is 376 g/mol. The molecule has 0 aliphatic carbocycles. The van der Waals surface area contributed by atoms with Crippen LogP contribution in [0.25, 0.3) is 6.08 Å². The van der Waals surface area contributed by atoms with Crippen molar-refractivity contribution in [1.82, 2.24) is 4.90 Å². The van der Waals surface area contributed by atoms with Gasteiger partial charge in [-0.1, -0.05) is 59.8 Å². The largest absolute Gasteiger partial charge is 0.489 e. The van der Waals surface area contributed by atoms with Crippen molar-refractivity contribution in [1.29, 1.82) is 0 Å². The number of carbonyl (C=O) groups is 1. The average Bonchev–Trinajstić information content (AvgIpc) is 2.82. The molecule has 24 heavy (non-hydrogen) atoms. The topological polar surface area (TPSA) is 29.5 Å². The Morgan fingerprint density at radius 3 is 2.67 bits per heavy atom. The molecule has 0 N–H and O–H groups in total. The Labute approximate surface area is 155 Å². The lowest BCUT2D eigenvalue weighted by Gasteiger charge is -2.07. The Hall–Kier alpha value is -1.82. The lowest BCUT2D eigenvalue weighted by atomic mass is 10.2. The maximum absolute atomic E-state index is 12.1. The minimum atomic E-state index is -0.0718. The summed E-state index contributed by atoms with van der Waals surface area (Å²) in [6, 6.07) is 15.1. The van der Waals surface area contributed by atoms with E-state index in [-0.39, 0.29) is 5.91 Å². The van der Waals surface area contributed by atoms with Crippen LogP contribution in [0.2, 0.25) is 5.02 Å². The summed E-state index contributed by atoms with van der Waals surface area (Å²) in [7, 11) is 1.68. The first kappa shape index (κ1) is 17.0. The number of hydrogen-bond acceptors (Lipinski definition) is 4. The highest BCUT2D eigenvalue weighted by atomic mass is 35.5. The number of halogens is 1. The van der Waals surface area contributed by atoms with Crippen LogP contribution in [-0.2, 0) is 11.4 Å². The summed E-state index contributed by atoms with van der Waals surface area (Å²) in [6.07, 6.45) is 1.83. The Kier molecular flexibility index (Phi) is 5.23. The molecule has 6 heteroatoms. The summed E-state index contributed by atoms with van der Waals surface area (Å²) in [5.74, 6) is 0.670. The second-order valence-corrected chi connectivity index (χ2v) is 7.34. The Morgan fingerprint density at radius 1 is 1.25 bits per heavy atom. The number of carbonyl (C=O) groups excluding carboxylic acids is 1. The SMILES string of the molecule is CN1C(=O)/C(=C\c2cccc(OCc3ccc(Cl)cc3)c2)SC1=S. The first-order chi connectivity index (χ1) is 11.5. The molecule has 122 valence electrons. The van der Waals surface area contributed by atoms with Gasteiger partial charge in [-0.2, -0.15) is 0 Å². The number of ether oxygens (including phenoxy) is 1. The van der Waals surface area contributed by atoms with Gasteiger partial charge in [-0.3, -0.25) is 9.69 Å². The fraction of sp³-hybridized carbons (Fsp3) is 0.111. The van der Waals surface area contributed by atoms with E-state index >= 15 is 0 Å². The van der Waals surface area contributed by atoms with Crippen LogP contribution in [-0.4, -0.2) is 22.2 Å². The highest BCUT2D eigenvalue weighted by Gasteiger charge is 2.28.